The minimum Gasteiger partial charge on any atom is -0.358 e. The fraction of sp³-hybridized carbons (Fsp3) is 0.0588. The molecule has 0 N–H and O–H groups in total. The molecular weight excluding hydrogens is 303 g/mol. The smallest absolute Gasteiger partial charge is 0.358 e. The average Bonchev–Trinajstić information content (AvgIpc) is 2.93. The van der Waals surface area contributed by atoms with Gasteiger partial charge in [-0.1, -0.05) is 46.4 Å². The van der Waals surface area contributed by atoms with Gasteiger partial charge in [-0.3, -0.25) is 0 Å². The van der Waals surface area contributed by atoms with Crippen molar-refractivity contribution in [2.45, 2.75) is 6.42 Å². The van der Waals surface area contributed by atoms with Gasteiger partial charge in [0.2, 0.25) is 0 Å². The van der Waals surface area contributed by atoms with E-state index in [0.29, 0.717) is 0 Å². The lowest BCUT2D eigenvalue weighted by molar-refractivity contribution is 0.440. The zero-order chi connectivity index (χ0) is 15.3. The molecule has 0 bridgehead atoms. The fourth-order valence-electron chi connectivity index (χ4n) is 3.06. The Morgan fingerprint density at radius 3 is 2.55 bits per heavy atom. The molecule has 1 aliphatic carbocycles. The number of hydrogen-bond acceptors (Lipinski definition) is 3. The third-order valence-electron chi connectivity index (χ3n) is 3.95. The van der Waals surface area contributed by atoms with Gasteiger partial charge in [0.15, 0.2) is 0 Å². The molecule has 5 heteroatoms. The molecule has 110 valence electrons. The third kappa shape index (κ3) is 2.14. The highest BCUT2D eigenvalue weighted by Crippen LogP contribution is 2.34. The summed E-state index contributed by atoms with van der Waals surface area (Å²) in [5.74, 6) is -0.0304. The van der Waals surface area contributed by atoms with Crippen molar-refractivity contribution in [3.8, 4) is 5.75 Å². The molecular formula is C17H11FO3S. The van der Waals surface area contributed by atoms with Crippen molar-refractivity contribution in [3.05, 3.63) is 59.7 Å². The molecule has 22 heavy (non-hydrogen) atoms. The monoisotopic (exact) mass is 314 g/mol. The Bertz CT molecular complexity index is 1050. The topological polar surface area (TPSA) is 43.4 Å². The van der Waals surface area contributed by atoms with Crippen molar-refractivity contribution in [2.24, 2.45) is 0 Å². The lowest BCUT2D eigenvalue weighted by Crippen LogP contribution is -2.00. The predicted octanol–water partition coefficient (Wildman–Crippen LogP) is 4.16. The van der Waals surface area contributed by atoms with Crippen LogP contribution in [0.5, 0.6) is 5.75 Å². The first-order valence-electron chi connectivity index (χ1n) is 6.80. The van der Waals surface area contributed by atoms with E-state index in [1.165, 1.54) is 28.6 Å². The van der Waals surface area contributed by atoms with Crippen molar-refractivity contribution in [2.75, 3.05) is 0 Å². The molecule has 0 amide bonds. The molecule has 0 unspecified atom stereocenters. The number of hydrogen-bond donors (Lipinski definition) is 0. The molecule has 0 heterocycles. The van der Waals surface area contributed by atoms with Crippen molar-refractivity contribution < 1.29 is 16.5 Å². The summed E-state index contributed by atoms with van der Waals surface area (Å²) in [5.41, 5.74) is 2.53. The van der Waals surface area contributed by atoms with Crippen LogP contribution in [0, 0.1) is 0 Å². The van der Waals surface area contributed by atoms with Crippen LogP contribution in [0.15, 0.2) is 48.5 Å². The second-order valence-corrected chi connectivity index (χ2v) is 6.21. The van der Waals surface area contributed by atoms with Gasteiger partial charge < -0.3 is 4.18 Å². The highest BCUT2D eigenvalue weighted by Gasteiger charge is 2.13. The zero-order valence-corrected chi connectivity index (χ0v) is 12.2. The summed E-state index contributed by atoms with van der Waals surface area (Å²) in [6.07, 6.45) is 5.17. The van der Waals surface area contributed by atoms with Gasteiger partial charge in [0, 0.05) is 0 Å². The van der Waals surface area contributed by atoms with Crippen LogP contribution in [0.25, 0.3) is 27.6 Å². The molecule has 3 aromatic rings. The number of halogens is 1. The quantitative estimate of drug-likeness (QED) is 0.527. The van der Waals surface area contributed by atoms with Gasteiger partial charge >= 0.3 is 10.5 Å². The summed E-state index contributed by atoms with van der Waals surface area (Å²) in [5, 5.41) is 4.06. The van der Waals surface area contributed by atoms with E-state index in [9.17, 15) is 12.3 Å². The summed E-state index contributed by atoms with van der Waals surface area (Å²) in [7, 11) is -5.00. The third-order valence-corrected chi connectivity index (χ3v) is 4.34. The molecule has 0 radical (unpaired) electrons. The largest absolute Gasteiger partial charge is 0.488 e. The summed E-state index contributed by atoms with van der Waals surface area (Å²) < 4.78 is 38.1. The first-order valence-corrected chi connectivity index (χ1v) is 8.11. The fourth-order valence-corrected chi connectivity index (χ4v) is 3.39. The second kappa shape index (κ2) is 4.55. The molecule has 3 aromatic carbocycles. The minimum atomic E-state index is -5.00. The van der Waals surface area contributed by atoms with Gasteiger partial charge in [0.1, 0.15) is 5.75 Å². The number of rotatable bonds is 2. The maximum absolute atomic E-state index is 12.6. The zero-order valence-electron chi connectivity index (χ0n) is 11.4. The maximum Gasteiger partial charge on any atom is 0.488 e. The summed E-state index contributed by atoms with van der Waals surface area (Å²) in [4.78, 5) is 0. The Hall–Kier alpha value is -2.40. The maximum atomic E-state index is 12.6. The van der Waals surface area contributed by atoms with Crippen molar-refractivity contribution in [1.29, 1.82) is 0 Å². The van der Waals surface area contributed by atoms with Gasteiger partial charge in [0.05, 0.1) is 0 Å². The highest BCUT2D eigenvalue weighted by atomic mass is 32.3. The Labute approximate surface area is 127 Å². The van der Waals surface area contributed by atoms with E-state index < -0.39 is 10.5 Å². The molecule has 0 aliphatic heterocycles. The summed E-state index contributed by atoms with van der Waals surface area (Å²) in [6, 6.07) is 12.8. The lowest BCUT2D eigenvalue weighted by Gasteiger charge is -2.09. The molecule has 0 aromatic heterocycles. The molecule has 1 aliphatic rings. The van der Waals surface area contributed by atoms with Crippen LogP contribution in [-0.4, -0.2) is 8.42 Å². The van der Waals surface area contributed by atoms with Crippen LogP contribution in [-0.2, 0) is 16.9 Å². The van der Waals surface area contributed by atoms with Crippen LogP contribution in [0.1, 0.15) is 11.1 Å². The molecule has 3 nitrogen and oxygen atoms in total. The Balaban J connectivity index is 1.94. The van der Waals surface area contributed by atoms with Gasteiger partial charge in [-0.15, -0.1) is 0 Å². The highest BCUT2D eigenvalue weighted by molar-refractivity contribution is 7.81. The summed E-state index contributed by atoms with van der Waals surface area (Å²) in [6.45, 7) is 0. The second-order valence-electron chi connectivity index (χ2n) is 5.26. The van der Waals surface area contributed by atoms with Crippen molar-refractivity contribution in [1.82, 2.24) is 0 Å². The van der Waals surface area contributed by atoms with Gasteiger partial charge in [0.25, 0.3) is 0 Å². The van der Waals surface area contributed by atoms with Crippen molar-refractivity contribution >= 4 is 38.1 Å². The van der Waals surface area contributed by atoms with E-state index in [2.05, 4.69) is 28.5 Å². The Kier molecular flexibility index (Phi) is 2.74. The van der Waals surface area contributed by atoms with Gasteiger partial charge in [-0.2, -0.15) is 8.42 Å². The van der Waals surface area contributed by atoms with Crippen LogP contribution in [0.2, 0.25) is 0 Å². The van der Waals surface area contributed by atoms with E-state index in [-0.39, 0.29) is 5.75 Å². The van der Waals surface area contributed by atoms with E-state index in [1.54, 1.807) is 6.07 Å². The first kappa shape index (κ1) is 13.3. The van der Waals surface area contributed by atoms with E-state index in [1.807, 2.05) is 12.1 Å². The number of allylic oxidation sites excluding steroid dienone is 1. The minimum absolute atomic E-state index is 0.0304. The predicted molar refractivity (Wildman–Crippen MR) is 84.8 cm³/mol. The normalized spacial score (nSPS) is 13.7. The SMILES string of the molecule is O=S(=O)(F)Oc1ccc2c(ccc3c4c(ccc32)C=CC4)c1. The van der Waals surface area contributed by atoms with E-state index in [4.69, 9.17) is 0 Å². The van der Waals surface area contributed by atoms with Crippen LogP contribution in [0.4, 0.5) is 3.89 Å². The standard InChI is InChI=1S/C17H11FO3S/c18-22(19,20)21-13-6-9-15-12(10-13)5-8-16-14-3-1-2-11(14)4-7-17(15)16/h1-2,4-10H,3H2. The molecule has 0 saturated heterocycles. The molecule has 0 saturated carbocycles. The van der Waals surface area contributed by atoms with E-state index >= 15 is 0 Å². The number of fused-ring (bicyclic) bond motifs is 5. The Morgan fingerprint density at radius 2 is 1.73 bits per heavy atom. The van der Waals surface area contributed by atoms with Crippen LogP contribution < -0.4 is 4.18 Å². The Morgan fingerprint density at radius 1 is 0.955 bits per heavy atom. The molecule has 0 atom stereocenters. The van der Waals surface area contributed by atoms with Gasteiger partial charge in [-0.05, 0) is 51.2 Å². The van der Waals surface area contributed by atoms with E-state index in [0.717, 1.165) is 22.6 Å². The van der Waals surface area contributed by atoms with Crippen molar-refractivity contribution in [3.63, 3.8) is 0 Å². The molecule has 4 rings (SSSR count). The van der Waals surface area contributed by atoms with Crippen LogP contribution >= 0.6 is 0 Å². The lowest BCUT2D eigenvalue weighted by atomic mass is 9.96. The van der Waals surface area contributed by atoms with Crippen LogP contribution in [0.3, 0.4) is 0 Å². The number of benzene rings is 3. The summed E-state index contributed by atoms with van der Waals surface area (Å²) >= 11 is 0. The first-order chi connectivity index (χ1) is 10.5. The average molecular weight is 314 g/mol. The molecule has 0 fully saturated rings. The van der Waals surface area contributed by atoms with Gasteiger partial charge in [-0.25, -0.2) is 0 Å². The molecule has 0 spiro atoms.